The number of rotatable bonds is 10. The zero-order valence-corrected chi connectivity index (χ0v) is 19.3. The Morgan fingerprint density at radius 1 is 0.964 bits per heavy atom. The molecule has 0 aliphatic carbocycles. The van der Waals surface area contributed by atoms with Gasteiger partial charge in [-0.25, -0.2) is 0 Å². The number of hydrogen-bond acceptors (Lipinski definition) is 2. The van der Waals surface area contributed by atoms with Gasteiger partial charge in [-0.1, -0.05) is 69.5 Å². The van der Waals surface area contributed by atoms with Crippen LogP contribution >= 0.6 is 34.8 Å². The molecule has 0 heterocycles. The third kappa shape index (κ3) is 5.95. The summed E-state index contributed by atoms with van der Waals surface area (Å²) in [7, 11) is 0. The van der Waals surface area contributed by atoms with E-state index in [1.165, 1.54) is 0 Å². The van der Waals surface area contributed by atoms with Gasteiger partial charge in [0.1, 0.15) is 5.75 Å². The van der Waals surface area contributed by atoms with E-state index in [0.29, 0.717) is 34.2 Å². The van der Waals surface area contributed by atoms with Gasteiger partial charge in [-0.15, -0.1) is 11.6 Å². The summed E-state index contributed by atoms with van der Waals surface area (Å²) in [6.45, 7) is 9.88. The molecule has 1 atom stereocenters. The van der Waals surface area contributed by atoms with E-state index in [-0.39, 0.29) is 5.41 Å². The van der Waals surface area contributed by atoms with Crippen molar-refractivity contribution in [1.82, 2.24) is 0 Å². The monoisotopic (exact) mass is 442 g/mol. The molecule has 28 heavy (non-hydrogen) atoms. The fourth-order valence-electron chi connectivity index (χ4n) is 2.78. The van der Waals surface area contributed by atoms with Gasteiger partial charge in [-0.2, -0.15) is 0 Å². The maximum absolute atomic E-state index is 6.45. The van der Waals surface area contributed by atoms with Crippen LogP contribution in [0.1, 0.15) is 51.7 Å². The summed E-state index contributed by atoms with van der Waals surface area (Å²) in [5.74, 6) is 2.49. The highest BCUT2D eigenvalue weighted by molar-refractivity contribution is 6.37. The first-order chi connectivity index (χ1) is 13.3. The molecule has 0 saturated heterocycles. The smallest absolute Gasteiger partial charge is 0.156 e. The molecule has 2 nitrogen and oxygen atoms in total. The first-order valence-electron chi connectivity index (χ1n) is 9.71. The Balaban J connectivity index is 2.19. The lowest BCUT2D eigenvalue weighted by molar-refractivity contribution is 0.256. The van der Waals surface area contributed by atoms with Gasteiger partial charge in [-0.05, 0) is 47.7 Å². The molecular weight excluding hydrogens is 415 g/mol. The highest BCUT2D eigenvalue weighted by Gasteiger charge is 2.25. The van der Waals surface area contributed by atoms with Gasteiger partial charge in [0.25, 0.3) is 0 Å². The number of hydrogen-bond donors (Lipinski definition) is 0. The Hall–Kier alpha value is -1.09. The van der Waals surface area contributed by atoms with Crippen LogP contribution in [-0.2, 0) is 5.41 Å². The number of halogens is 3. The van der Waals surface area contributed by atoms with Crippen LogP contribution in [0, 0.1) is 5.92 Å². The van der Waals surface area contributed by atoms with Crippen LogP contribution in [0.2, 0.25) is 10.0 Å². The van der Waals surface area contributed by atoms with Crippen molar-refractivity contribution in [1.29, 1.82) is 0 Å². The molecule has 0 fully saturated rings. The zero-order valence-electron chi connectivity index (χ0n) is 17.0. The van der Waals surface area contributed by atoms with Crippen LogP contribution in [0.25, 0.3) is 0 Å². The molecule has 2 aromatic carbocycles. The highest BCUT2D eigenvalue weighted by atomic mass is 35.5. The minimum atomic E-state index is -0.267. The molecule has 2 rings (SSSR count). The zero-order chi connectivity index (χ0) is 20.7. The maximum atomic E-state index is 6.45. The Morgan fingerprint density at radius 2 is 1.57 bits per heavy atom. The van der Waals surface area contributed by atoms with Gasteiger partial charge in [0.05, 0.1) is 23.3 Å². The molecule has 0 N–H and O–H groups in total. The summed E-state index contributed by atoms with van der Waals surface area (Å²) in [5, 5.41) is 1.03. The molecule has 0 bridgehead atoms. The molecule has 0 spiro atoms. The van der Waals surface area contributed by atoms with Gasteiger partial charge in [0.2, 0.25) is 0 Å². The summed E-state index contributed by atoms with van der Waals surface area (Å²) in [6, 6.07) is 12.1. The van der Waals surface area contributed by atoms with Crippen molar-refractivity contribution >= 4 is 34.8 Å². The molecule has 154 valence electrons. The maximum Gasteiger partial charge on any atom is 0.156 e. The van der Waals surface area contributed by atoms with Crippen LogP contribution in [0.3, 0.4) is 0 Å². The van der Waals surface area contributed by atoms with Crippen molar-refractivity contribution in [2.45, 2.75) is 46.0 Å². The molecule has 0 aliphatic rings. The summed E-state index contributed by atoms with van der Waals surface area (Å²) in [5.41, 5.74) is 1.92. The molecule has 5 heteroatoms. The van der Waals surface area contributed by atoms with Crippen LogP contribution in [0.15, 0.2) is 36.4 Å². The summed E-state index contributed by atoms with van der Waals surface area (Å²) < 4.78 is 11.6. The van der Waals surface area contributed by atoms with E-state index in [1.54, 1.807) is 0 Å². The van der Waals surface area contributed by atoms with Crippen LogP contribution < -0.4 is 9.47 Å². The Morgan fingerprint density at radius 3 is 2.11 bits per heavy atom. The van der Waals surface area contributed by atoms with Crippen molar-refractivity contribution in [2.75, 3.05) is 19.1 Å². The predicted molar refractivity (Wildman–Crippen MR) is 121 cm³/mol. The van der Waals surface area contributed by atoms with Crippen molar-refractivity contribution in [3.05, 3.63) is 57.6 Å². The molecule has 0 aliphatic heterocycles. The van der Waals surface area contributed by atoms with E-state index in [1.807, 2.05) is 24.3 Å². The fraction of sp³-hybridized carbons (Fsp3) is 0.478. The van der Waals surface area contributed by atoms with Crippen LogP contribution in [-0.4, -0.2) is 19.1 Å². The van der Waals surface area contributed by atoms with E-state index in [0.717, 1.165) is 36.3 Å². The van der Waals surface area contributed by atoms with E-state index < -0.39 is 0 Å². The molecular formula is C23H29Cl3O2. The minimum Gasteiger partial charge on any atom is -0.493 e. The third-order valence-corrected chi connectivity index (χ3v) is 5.88. The Kier molecular flexibility index (Phi) is 8.80. The third-order valence-electron chi connectivity index (χ3n) is 5.05. The van der Waals surface area contributed by atoms with E-state index in [2.05, 4.69) is 39.8 Å². The number of alkyl halides is 1. The first-order valence-corrected chi connectivity index (χ1v) is 11.0. The van der Waals surface area contributed by atoms with E-state index >= 15 is 0 Å². The minimum absolute atomic E-state index is 0.267. The topological polar surface area (TPSA) is 18.5 Å². The lowest BCUT2D eigenvalue weighted by Gasteiger charge is -2.27. The molecule has 0 unspecified atom stereocenters. The summed E-state index contributed by atoms with van der Waals surface area (Å²) in [4.78, 5) is 0. The van der Waals surface area contributed by atoms with E-state index in [4.69, 9.17) is 44.3 Å². The molecule has 0 aromatic heterocycles. The summed E-state index contributed by atoms with van der Waals surface area (Å²) >= 11 is 18.6. The average molecular weight is 444 g/mol. The standard InChI is InChI=1S/C23H29Cl3O2/c1-5-16(2)15-28-19-9-7-17(8-10-19)23(3,4)18-13-20(25)22(21(26)14-18)27-12-6-11-24/h7-10,13-14,16H,5-6,11-12,15H2,1-4H3/t16-/m0/s1. The van der Waals surface area contributed by atoms with Gasteiger partial charge in [-0.3, -0.25) is 0 Å². The fourth-order valence-corrected chi connectivity index (χ4v) is 3.48. The number of ether oxygens (including phenoxy) is 2. The Bertz CT molecular complexity index is 734. The second-order valence-corrected chi connectivity index (χ2v) is 8.83. The SMILES string of the molecule is CC[C@H](C)COc1ccc(C(C)(C)c2cc(Cl)c(OCCCCl)c(Cl)c2)cc1. The molecule has 0 amide bonds. The molecule has 2 aromatic rings. The average Bonchev–Trinajstić information content (AvgIpc) is 2.68. The lowest BCUT2D eigenvalue weighted by Crippen LogP contribution is -2.19. The van der Waals surface area contributed by atoms with E-state index in [9.17, 15) is 0 Å². The van der Waals surface area contributed by atoms with Crippen molar-refractivity contribution in [2.24, 2.45) is 5.92 Å². The van der Waals surface area contributed by atoms with Gasteiger partial charge in [0.15, 0.2) is 5.75 Å². The molecule has 0 radical (unpaired) electrons. The van der Waals surface area contributed by atoms with Crippen LogP contribution in [0.5, 0.6) is 11.5 Å². The quantitative estimate of drug-likeness (QED) is 0.276. The van der Waals surface area contributed by atoms with Crippen LogP contribution in [0.4, 0.5) is 0 Å². The second-order valence-electron chi connectivity index (χ2n) is 7.63. The predicted octanol–water partition coefficient (Wildman–Crippen LogP) is 7.75. The highest BCUT2D eigenvalue weighted by Crippen LogP contribution is 2.40. The summed E-state index contributed by atoms with van der Waals surface area (Å²) in [6.07, 6.45) is 1.85. The van der Waals surface area contributed by atoms with Crippen molar-refractivity contribution in [3.8, 4) is 11.5 Å². The lowest BCUT2D eigenvalue weighted by atomic mass is 9.78. The van der Waals surface area contributed by atoms with Crippen molar-refractivity contribution < 1.29 is 9.47 Å². The van der Waals surface area contributed by atoms with Gasteiger partial charge < -0.3 is 9.47 Å². The largest absolute Gasteiger partial charge is 0.493 e. The number of benzene rings is 2. The normalized spacial score (nSPS) is 12.7. The Labute approximate surface area is 184 Å². The first kappa shape index (κ1) is 23.2. The second kappa shape index (κ2) is 10.6. The van der Waals surface area contributed by atoms with Crippen molar-refractivity contribution in [3.63, 3.8) is 0 Å². The molecule has 0 saturated carbocycles. The van der Waals surface area contributed by atoms with Gasteiger partial charge >= 0.3 is 0 Å². The van der Waals surface area contributed by atoms with Gasteiger partial charge in [0, 0.05) is 11.3 Å².